The van der Waals surface area contributed by atoms with Crippen LogP contribution in [-0.4, -0.2) is 36.2 Å². The molecule has 0 saturated carbocycles. The number of rotatable bonds is 7. The quantitative estimate of drug-likeness (QED) is 0.665. The Morgan fingerprint density at radius 3 is 2.11 bits per heavy atom. The normalized spacial score (nSPS) is 10.4. The highest BCUT2D eigenvalue weighted by molar-refractivity contribution is 6.04. The van der Waals surface area contributed by atoms with Crippen molar-refractivity contribution in [2.45, 2.75) is 13.8 Å². The van der Waals surface area contributed by atoms with Crippen molar-refractivity contribution in [3.63, 3.8) is 0 Å². The number of hydrogen-bond acceptors (Lipinski definition) is 5. The van der Waals surface area contributed by atoms with E-state index < -0.39 is 0 Å². The molecular weight excluding hydrogens is 350 g/mol. The van der Waals surface area contributed by atoms with Crippen LogP contribution in [-0.2, 0) is 0 Å². The second-order valence-corrected chi connectivity index (χ2v) is 6.35. The predicted molar refractivity (Wildman–Crippen MR) is 114 cm³/mol. The van der Waals surface area contributed by atoms with Gasteiger partial charge >= 0.3 is 0 Å². The van der Waals surface area contributed by atoms with Gasteiger partial charge in [-0.2, -0.15) is 0 Å². The Kier molecular flexibility index (Phi) is 6.22. The van der Waals surface area contributed by atoms with Gasteiger partial charge in [-0.25, -0.2) is 0 Å². The van der Waals surface area contributed by atoms with Crippen LogP contribution in [0, 0.1) is 0 Å². The van der Waals surface area contributed by atoms with Crippen LogP contribution in [0.5, 0.6) is 0 Å². The number of hydrogen-bond donors (Lipinski definition) is 1. The van der Waals surface area contributed by atoms with Crippen LogP contribution in [0.15, 0.2) is 66.7 Å². The fraction of sp³-hybridized carbons (Fsp3) is 0.227. The topological polar surface area (TPSA) is 61.4 Å². The molecule has 28 heavy (non-hydrogen) atoms. The monoisotopic (exact) mass is 375 g/mol. The SMILES string of the molecule is CCN(CC)c1ccc(Nc2ccc(C(=O)N(C)c3ccccc3)nn2)cc1. The number of benzene rings is 2. The highest BCUT2D eigenvalue weighted by atomic mass is 16.2. The Labute approximate surface area is 165 Å². The summed E-state index contributed by atoms with van der Waals surface area (Å²) in [7, 11) is 1.73. The third-order valence-electron chi connectivity index (χ3n) is 4.60. The van der Waals surface area contributed by atoms with Gasteiger partial charge < -0.3 is 15.1 Å². The molecule has 1 aromatic heterocycles. The average Bonchev–Trinajstić information content (AvgIpc) is 2.76. The standard InChI is InChI=1S/C22H25N5O/c1-4-27(5-2)19-13-11-17(12-14-19)23-21-16-15-20(24-25-21)22(28)26(3)18-9-7-6-8-10-18/h6-16H,4-5H2,1-3H3,(H,23,25). The number of nitrogens with one attached hydrogen (secondary N) is 1. The number of para-hydroxylation sites is 1. The van der Waals surface area contributed by atoms with Crippen molar-refractivity contribution in [2.24, 2.45) is 0 Å². The Bertz CT molecular complexity index is 890. The van der Waals surface area contributed by atoms with E-state index in [1.54, 1.807) is 24.1 Å². The van der Waals surface area contributed by atoms with Gasteiger partial charge in [-0.3, -0.25) is 4.79 Å². The summed E-state index contributed by atoms with van der Waals surface area (Å²) in [5.41, 5.74) is 3.22. The maximum Gasteiger partial charge on any atom is 0.278 e. The first kappa shape index (κ1) is 19.4. The average molecular weight is 375 g/mol. The molecule has 6 heteroatoms. The van der Waals surface area contributed by atoms with Gasteiger partial charge in [0.15, 0.2) is 11.5 Å². The first-order valence-electron chi connectivity index (χ1n) is 9.41. The fourth-order valence-corrected chi connectivity index (χ4v) is 2.95. The van der Waals surface area contributed by atoms with Gasteiger partial charge in [-0.05, 0) is 62.4 Å². The van der Waals surface area contributed by atoms with E-state index in [0.717, 1.165) is 24.5 Å². The molecule has 6 nitrogen and oxygen atoms in total. The third-order valence-corrected chi connectivity index (χ3v) is 4.60. The summed E-state index contributed by atoms with van der Waals surface area (Å²) in [6.07, 6.45) is 0. The van der Waals surface area contributed by atoms with Crippen LogP contribution in [0.4, 0.5) is 22.9 Å². The summed E-state index contributed by atoms with van der Waals surface area (Å²) in [4.78, 5) is 16.4. The van der Waals surface area contributed by atoms with E-state index in [9.17, 15) is 4.79 Å². The van der Waals surface area contributed by atoms with Gasteiger partial charge in [0.1, 0.15) is 0 Å². The molecule has 3 aromatic rings. The van der Waals surface area contributed by atoms with Crippen LogP contribution < -0.4 is 15.1 Å². The van der Waals surface area contributed by atoms with E-state index in [-0.39, 0.29) is 5.91 Å². The zero-order valence-electron chi connectivity index (χ0n) is 16.5. The van der Waals surface area contributed by atoms with Gasteiger partial charge in [0.2, 0.25) is 0 Å². The van der Waals surface area contributed by atoms with E-state index >= 15 is 0 Å². The lowest BCUT2D eigenvalue weighted by Crippen LogP contribution is -2.27. The lowest BCUT2D eigenvalue weighted by Gasteiger charge is -2.21. The van der Waals surface area contributed by atoms with Crippen molar-refractivity contribution in [3.8, 4) is 0 Å². The molecule has 0 aliphatic carbocycles. The van der Waals surface area contributed by atoms with Gasteiger partial charge in [0, 0.05) is 37.2 Å². The minimum atomic E-state index is -0.200. The number of amides is 1. The summed E-state index contributed by atoms with van der Waals surface area (Å²) in [5, 5.41) is 11.4. The van der Waals surface area contributed by atoms with E-state index in [0.29, 0.717) is 11.5 Å². The molecule has 0 aliphatic heterocycles. The van der Waals surface area contributed by atoms with Crippen molar-refractivity contribution in [1.82, 2.24) is 10.2 Å². The lowest BCUT2D eigenvalue weighted by molar-refractivity contribution is 0.0987. The highest BCUT2D eigenvalue weighted by Gasteiger charge is 2.15. The number of anilines is 4. The Balaban J connectivity index is 1.67. The van der Waals surface area contributed by atoms with Gasteiger partial charge in [-0.1, -0.05) is 18.2 Å². The molecule has 0 atom stereocenters. The number of carbonyl (C=O) groups excluding carboxylic acids is 1. The molecule has 1 amide bonds. The maximum atomic E-state index is 12.6. The van der Waals surface area contributed by atoms with Gasteiger partial charge in [0.25, 0.3) is 5.91 Å². The Morgan fingerprint density at radius 1 is 0.857 bits per heavy atom. The number of nitrogens with zero attached hydrogens (tertiary/aromatic N) is 4. The molecule has 1 N–H and O–H groups in total. The number of carbonyl (C=O) groups is 1. The largest absolute Gasteiger partial charge is 0.372 e. The second kappa shape index (κ2) is 8.99. The summed E-state index contributed by atoms with van der Waals surface area (Å²) in [6.45, 7) is 6.23. The minimum absolute atomic E-state index is 0.200. The molecular formula is C22H25N5O. The van der Waals surface area contributed by atoms with Crippen LogP contribution >= 0.6 is 0 Å². The first-order chi connectivity index (χ1) is 13.6. The van der Waals surface area contributed by atoms with Crippen LogP contribution in [0.2, 0.25) is 0 Å². The van der Waals surface area contributed by atoms with Gasteiger partial charge in [-0.15, -0.1) is 10.2 Å². The van der Waals surface area contributed by atoms with Crippen molar-refractivity contribution < 1.29 is 4.79 Å². The zero-order chi connectivity index (χ0) is 19.9. The molecule has 3 rings (SSSR count). The van der Waals surface area contributed by atoms with Crippen molar-refractivity contribution >= 4 is 28.8 Å². The molecule has 0 radical (unpaired) electrons. The van der Waals surface area contributed by atoms with E-state index in [2.05, 4.69) is 46.4 Å². The second-order valence-electron chi connectivity index (χ2n) is 6.35. The molecule has 0 spiro atoms. The predicted octanol–water partition coefficient (Wildman–Crippen LogP) is 4.34. The molecule has 0 saturated heterocycles. The van der Waals surface area contributed by atoms with Crippen LogP contribution in [0.3, 0.4) is 0 Å². The molecule has 0 unspecified atom stereocenters. The smallest absolute Gasteiger partial charge is 0.278 e. The van der Waals surface area contributed by atoms with E-state index in [4.69, 9.17) is 0 Å². The molecule has 0 fully saturated rings. The Morgan fingerprint density at radius 2 is 1.54 bits per heavy atom. The fourth-order valence-electron chi connectivity index (χ4n) is 2.95. The first-order valence-corrected chi connectivity index (χ1v) is 9.41. The zero-order valence-corrected chi connectivity index (χ0v) is 16.5. The molecule has 0 aliphatic rings. The highest BCUT2D eigenvalue weighted by Crippen LogP contribution is 2.20. The van der Waals surface area contributed by atoms with Crippen molar-refractivity contribution in [1.29, 1.82) is 0 Å². The molecule has 1 heterocycles. The lowest BCUT2D eigenvalue weighted by atomic mass is 10.2. The van der Waals surface area contributed by atoms with E-state index in [1.165, 1.54) is 5.69 Å². The molecule has 144 valence electrons. The van der Waals surface area contributed by atoms with Crippen molar-refractivity contribution in [3.05, 3.63) is 72.4 Å². The van der Waals surface area contributed by atoms with Crippen LogP contribution in [0.25, 0.3) is 0 Å². The Hall–Kier alpha value is -3.41. The van der Waals surface area contributed by atoms with Crippen LogP contribution in [0.1, 0.15) is 24.3 Å². The summed E-state index contributed by atoms with van der Waals surface area (Å²) < 4.78 is 0. The number of aromatic nitrogens is 2. The van der Waals surface area contributed by atoms with Gasteiger partial charge in [0.05, 0.1) is 0 Å². The minimum Gasteiger partial charge on any atom is -0.372 e. The molecule has 0 bridgehead atoms. The van der Waals surface area contributed by atoms with E-state index in [1.807, 2.05) is 42.5 Å². The molecule has 2 aromatic carbocycles. The summed E-state index contributed by atoms with van der Waals surface area (Å²) >= 11 is 0. The maximum absolute atomic E-state index is 12.6. The summed E-state index contributed by atoms with van der Waals surface area (Å²) in [5.74, 6) is 0.392. The van der Waals surface area contributed by atoms with Crippen molar-refractivity contribution in [2.75, 3.05) is 35.3 Å². The summed E-state index contributed by atoms with van der Waals surface area (Å²) in [6, 6.07) is 21.1. The third kappa shape index (κ3) is 4.46.